The first-order chi connectivity index (χ1) is 9.15. The van der Waals surface area contributed by atoms with Crippen molar-refractivity contribution in [3.05, 3.63) is 0 Å². The largest absolute Gasteiger partial charge is 0.342 e. The van der Waals surface area contributed by atoms with Gasteiger partial charge >= 0.3 is 0 Å². The molecule has 112 valence electrons. The zero-order valence-corrected chi connectivity index (χ0v) is 13.1. The van der Waals surface area contributed by atoms with Crippen molar-refractivity contribution in [1.29, 1.82) is 0 Å². The Kier molecular flexibility index (Phi) is 7.39. The van der Waals surface area contributed by atoms with E-state index in [-0.39, 0.29) is 6.04 Å². The fourth-order valence-electron chi connectivity index (χ4n) is 3.10. The molecule has 1 heterocycles. The van der Waals surface area contributed by atoms with Crippen molar-refractivity contribution < 1.29 is 4.79 Å². The van der Waals surface area contributed by atoms with E-state index in [1.54, 1.807) is 0 Å². The van der Waals surface area contributed by atoms with E-state index in [1.165, 1.54) is 19.3 Å². The fraction of sp³-hybridized carbons (Fsp3) is 0.933. The Balaban J connectivity index is 2.64. The second kappa shape index (κ2) is 8.54. The zero-order chi connectivity index (χ0) is 14.3. The summed E-state index contributed by atoms with van der Waals surface area (Å²) < 4.78 is 0. The number of carbonyl (C=O) groups is 1. The molecule has 0 spiro atoms. The molecule has 1 fully saturated rings. The Morgan fingerprint density at radius 2 is 2.05 bits per heavy atom. The molecule has 0 aromatic carbocycles. The van der Waals surface area contributed by atoms with Crippen LogP contribution in [0, 0.1) is 0 Å². The predicted molar refractivity (Wildman–Crippen MR) is 80.3 cm³/mol. The molecule has 0 aliphatic carbocycles. The molecule has 19 heavy (non-hydrogen) atoms. The normalized spacial score (nSPS) is 22.2. The van der Waals surface area contributed by atoms with Gasteiger partial charge in [0, 0.05) is 19.1 Å². The van der Waals surface area contributed by atoms with Gasteiger partial charge in [0.15, 0.2) is 0 Å². The third kappa shape index (κ3) is 4.46. The van der Waals surface area contributed by atoms with E-state index < -0.39 is 0 Å². The van der Waals surface area contributed by atoms with Gasteiger partial charge in [-0.05, 0) is 60.2 Å². The molecule has 0 saturated carbocycles. The second-order valence-corrected chi connectivity index (χ2v) is 5.47. The summed E-state index contributed by atoms with van der Waals surface area (Å²) in [6.07, 6.45) is 4.91. The van der Waals surface area contributed by atoms with Crippen LogP contribution in [0.2, 0.25) is 0 Å². The number of hydrogen-bond acceptors (Lipinski definition) is 3. The molecule has 1 aliphatic rings. The summed E-state index contributed by atoms with van der Waals surface area (Å²) in [4.78, 5) is 16.9. The maximum atomic E-state index is 12.5. The van der Waals surface area contributed by atoms with Crippen LogP contribution in [0.1, 0.15) is 46.5 Å². The first-order valence-electron chi connectivity index (χ1n) is 7.84. The zero-order valence-electron chi connectivity index (χ0n) is 13.1. The Morgan fingerprint density at radius 1 is 1.37 bits per heavy atom. The van der Waals surface area contributed by atoms with E-state index in [0.29, 0.717) is 11.9 Å². The van der Waals surface area contributed by atoms with Gasteiger partial charge in [0.25, 0.3) is 0 Å². The Bertz CT molecular complexity index is 266. The molecule has 0 aromatic rings. The van der Waals surface area contributed by atoms with Crippen molar-refractivity contribution in [1.82, 2.24) is 15.1 Å². The fourth-order valence-corrected chi connectivity index (χ4v) is 3.10. The third-order valence-corrected chi connectivity index (χ3v) is 4.33. The highest BCUT2D eigenvalue weighted by Gasteiger charge is 2.31. The molecular weight excluding hydrogens is 238 g/mol. The highest BCUT2D eigenvalue weighted by molar-refractivity contribution is 5.81. The Labute approximate surface area is 118 Å². The van der Waals surface area contributed by atoms with E-state index in [4.69, 9.17) is 0 Å². The minimum atomic E-state index is 0.0297. The van der Waals surface area contributed by atoms with Crippen molar-refractivity contribution >= 4 is 5.91 Å². The standard InChI is InChI=1S/C15H31N3O/c1-5-17(6-2)15(19)13(3)18-12-8-7-9-14(18)10-11-16-4/h13-14,16H,5-12H2,1-4H3. The Morgan fingerprint density at radius 3 is 2.63 bits per heavy atom. The van der Waals surface area contributed by atoms with Gasteiger partial charge in [-0.2, -0.15) is 0 Å². The van der Waals surface area contributed by atoms with Crippen LogP contribution in [0.25, 0.3) is 0 Å². The average molecular weight is 269 g/mol. The van der Waals surface area contributed by atoms with Crippen LogP contribution >= 0.6 is 0 Å². The SMILES string of the molecule is CCN(CC)C(=O)C(C)N1CCCCC1CCNC. The van der Waals surface area contributed by atoms with Crippen LogP contribution in [-0.4, -0.2) is 61.0 Å². The number of nitrogens with one attached hydrogen (secondary N) is 1. The first kappa shape index (κ1) is 16.4. The number of rotatable bonds is 7. The van der Waals surface area contributed by atoms with Gasteiger partial charge in [-0.1, -0.05) is 6.42 Å². The van der Waals surface area contributed by atoms with Crippen LogP contribution in [-0.2, 0) is 4.79 Å². The molecule has 1 aliphatic heterocycles. The summed E-state index contributed by atoms with van der Waals surface area (Å²) >= 11 is 0. The van der Waals surface area contributed by atoms with Gasteiger partial charge in [0.05, 0.1) is 6.04 Å². The molecule has 4 nitrogen and oxygen atoms in total. The minimum Gasteiger partial charge on any atom is -0.342 e. The molecule has 0 aromatic heterocycles. The number of likely N-dealkylation sites (N-methyl/N-ethyl adjacent to an activating group) is 1. The van der Waals surface area contributed by atoms with Crippen molar-refractivity contribution in [2.75, 3.05) is 33.2 Å². The van der Waals surface area contributed by atoms with Crippen LogP contribution in [0.4, 0.5) is 0 Å². The molecule has 1 amide bonds. The minimum absolute atomic E-state index is 0.0297. The number of likely N-dealkylation sites (tertiary alicyclic amines) is 1. The van der Waals surface area contributed by atoms with Crippen LogP contribution in [0.5, 0.6) is 0 Å². The number of amides is 1. The Hall–Kier alpha value is -0.610. The predicted octanol–water partition coefficient (Wildman–Crippen LogP) is 1.71. The summed E-state index contributed by atoms with van der Waals surface area (Å²) in [5.41, 5.74) is 0. The van der Waals surface area contributed by atoms with Crippen molar-refractivity contribution in [2.24, 2.45) is 0 Å². The topological polar surface area (TPSA) is 35.6 Å². The van der Waals surface area contributed by atoms with Crippen molar-refractivity contribution in [3.8, 4) is 0 Å². The van der Waals surface area contributed by atoms with Crippen molar-refractivity contribution in [2.45, 2.75) is 58.5 Å². The lowest BCUT2D eigenvalue weighted by Crippen LogP contribution is -2.53. The lowest BCUT2D eigenvalue weighted by atomic mass is 9.97. The first-order valence-corrected chi connectivity index (χ1v) is 7.84. The van der Waals surface area contributed by atoms with Gasteiger partial charge in [-0.3, -0.25) is 9.69 Å². The molecule has 1 saturated heterocycles. The summed E-state index contributed by atoms with van der Waals surface area (Å²) in [5, 5.41) is 3.23. The van der Waals surface area contributed by atoms with Crippen LogP contribution in [0.3, 0.4) is 0 Å². The van der Waals surface area contributed by atoms with E-state index >= 15 is 0 Å². The molecule has 1 N–H and O–H groups in total. The van der Waals surface area contributed by atoms with Gasteiger partial charge in [-0.15, -0.1) is 0 Å². The monoisotopic (exact) mass is 269 g/mol. The maximum absolute atomic E-state index is 12.5. The van der Waals surface area contributed by atoms with E-state index in [2.05, 4.69) is 31.0 Å². The summed E-state index contributed by atoms with van der Waals surface area (Å²) in [7, 11) is 2.00. The van der Waals surface area contributed by atoms with Gasteiger partial charge in [0.1, 0.15) is 0 Å². The number of carbonyl (C=O) groups excluding carboxylic acids is 1. The van der Waals surface area contributed by atoms with Crippen molar-refractivity contribution in [3.63, 3.8) is 0 Å². The van der Waals surface area contributed by atoms with Gasteiger partial charge in [0.2, 0.25) is 5.91 Å². The van der Waals surface area contributed by atoms with Crippen LogP contribution < -0.4 is 5.32 Å². The molecule has 0 radical (unpaired) electrons. The third-order valence-electron chi connectivity index (χ3n) is 4.33. The lowest BCUT2D eigenvalue weighted by Gasteiger charge is -2.40. The molecule has 0 bridgehead atoms. The summed E-state index contributed by atoms with van der Waals surface area (Å²) in [5.74, 6) is 0.293. The highest BCUT2D eigenvalue weighted by Crippen LogP contribution is 2.22. The molecule has 4 heteroatoms. The molecule has 2 unspecified atom stereocenters. The second-order valence-electron chi connectivity index (χ2n) is 5.47. The maximum Gasteiger partial charge on any atom is 0.239 e. The van der Waals surface area contributed by atoms with E-state index in [1.807, 2.05) is 11.9 Å². The summed E-state index contributed by atoms with van der Waals surface area (Å²) in [6.45, 7) is 9.93. The van der Waals surface area contributed by atoms with E-state index in [0.717, 1.165) is 32.6 Å². The quantitative estimate of drug-likeness (QED) is 0.764. The number of piperidine rings is 1. The van der Waals surface area contributed by atoms with Gasteiger partial charge in [-0.25, -0.2) is 0 Å². The lowest BCUT2D eigenvalue weighted by molar-refractivity contribution is -0.137. The van der Waals surface area contributed by atoms with Gasteiger partial charge < -0.3 is 10.2 Å². The average Bonchev–Trinajstić information content (AvgIpc) is 2.45. The highest BCUT2D eigenvalue weighted by atomic mass is 16.2. The molecule has 2 atom stereocenters. The number of hydrogen-bond donors (Lipinski definition) is 1. The van der Waals surface area contributed by atoms with E-state index in [9.17, 15) is 4.79 Å². The summed E-state index contributed by atoms with van der Waals surface area (Å²) in [6, 6.07) is 0.595. The van der Waals surface area contributed by atoms with Crippen LogP contribution in [0.15, 0.2) is 0 Å². The number of nitrogens with zero attached hydrogens (tertiary/aromatic N) is 2. The molecule has 1 rings (SSSR count). The molecular formula is C15H31N3O. The smallest absolute Gasteiger partial charge is 0.239 e.